The molecule has 2 rings (SSSR count). The average Bonchev–Trinajstić information content (AvgIpc) is 2.50. The number of ether oxygens (including phenoxy) is 2. The van der Waals surface area contributed by atoms with Gasteiger partial charge in [-0.2, -0.15) is 5.26 Å². The molecule has 0 unspecified atom stereocenters. The number of nitrogens with zero attached hydrogens (tertiary/aromatic N) is 1. The van der Waals surface area contributed by atoms with E-state index in [-0.39, 0.29) is 5.78 Å². The fourth-order valence-corrected chi connectivity index (χ4v) is 2.17. The number of carbonyl (C=O) groups is 2. The van der Waals surface area contributed by atoms with Crippen molar-refractivity contribution in [2.75, 3.05) is 0 Å². The van der Waals surface area contributed by atoms with Gasteiger partial charge in [0, 0.05) is 6.42 Å². The van der Waals surface area contributed by atoms with Crippen LogP contribution < -0.4 is 4.74 Å². The SMILES string of the molecule is C[C@@H](Oc1ccc(C#N)cc1)C(=O)O[C@H]1CCCCC1=O. The zero-order chi connectivity index (χ0) is 15.2. The van der Waals surface area contributed by atoms with Gasteiger partial charge in [0.15, 0.2) is 18.0 Å². The zero-order valence-corrected chi connectivity index (χ0v) is 11.9. The lowest BCUT2D eigenvalue weighted by atomic mass is 9.96. The first-order valence-electron chi connectivity index (χ1n) is 7.00. The number of benzene rings is 1. The monoisotopic (exact) mass is 287 g/mol. The van der Waals surface area contributed by atoms with Crippen molar-refractivity contribution in [3.63, 3.8) is 0 Å². The van der Waals surface area contributed by atoms with Crippen molar-refractivity contribution in [1.82, 2.24) is 0 Å². The highest BCUT2D eigenvalue weighted by Gasteiger charge is 2.28. The number of Topliss-reactive ketones (excluding diaryl/α,β-unsaturated/α-hetero) is 1. The molecule has 0 amide bonds. The lowest BCUT2D eigenvalue weighted by Crippen LogP contribution is -2.35. The number of esters is 1. The van der Waals surface area contributed by atoms with Gasteiger partial charge in [-0.25, -0.2) is 4.79 Å². The van der Waals surface area contributed by atoms with Gasteiger partial charge in [-0.05, 0) is 50.5 Å². The van der Waals surface area contributed by atoms with Crippen LogP contribution in [0.15, 0.2) is 24.3 Å². The normalized spacial score (nSPS) is 19.4. The number of ketones is 1. The van der Waals surface area contributed by atoms with E-state index in [1.54, 1.807) is 31.2 Å². The van der Waals surface area contributed by atoms with E-state index in [2.05, 4.69) is 0 Å². The summed E-state index contributed by atoms with van der Waals surface area (Å²) in [5.74, 6) is -0.0757. The van der Waals surface area contributed by atoms with E-state index in [9.17, 15) is 9.59 Å². The highest BCUT2D eigenvalue weighted by molar-refractivity contribution is 5.86. The summed E-state index contributed by atoms with van der Waals surface area (Å²) in [5, 5.41) is 8.71. The van der Waals surface area contributed by atoms with E-state index in [1.807, 2.05) is 6.07 Å². The fraction of sp³-hybridized carbons (Fsp3) is 0.438. The second kappa shape index (κ2) is 6.89. The molecule has 1 aliphatic rings. The molecule has 0 spiro atoms. The van der Waals surface area contributed by atoms with E-state index in [4.69, 9.17) is 14.7 Å². The molecule has 110 valence electrons. The molecule has 21 heavy (non-hydrogen) atoms. The molecule has 1 aliphatic carbocycles. The van der Waals surface area contributed by atoms with Gasteiger partial charge in [-0.15, -0.1) is 0 Å². The topological polar surface area (TPSA) is 76.4 Å². The Morgan fingerprint density at radius 1 is 1.33 bits per heavy atom. The summed E-state index contributed by atoms with van der Waals surface area (Å²) in [4.78, 5) is 23.6. The smallest absolute Gasteiger partial charge is 0.347 e. The largest absolute Gasteiger partial charge is 0.479 e. The van der Waals surface area contributed by atoms with E-state index in [1.165, 1.54) is 0 Å². The van der Waals surface area contributed by atoms with Gasteiger partial charge in [0.25, 0.3) is 0 Å². The molecule has 2 atom stereocenters. The molecular weight excluding hydrogens is 270 g/mol. The third-order valence-corrected chi connectivity index (χ3v) is 3.39. The van der Waals surface area contributed by atoms with Gasteiger partial charge < -0.3 is 9.47 Å². The molecule has 0 aromatic heterocycles. The molecule has 0 bridgehead atoms. The molecule has 5 heteroatoms. The van der Waals surface area contributed by atoms with Gasteiger partial charge in [0.05, 0.1) is 11.6 Å². The molecule has 1 fully saturated rings. The summed E-state index contributed by atoms with van der Waals surface area (Å²) >= 11 is 0. The van der Waals surface area contributed by atoms with E-state index in [0.29, 0.717) is 24.2 Å². The van der Waals surface area contributed by atoms with E-state index in [0.717, 1.165) is 12.8 Å². The average molecular weight is 287 g/mol. The van der Waals surface area contributed by atoms with Gasteiger partial charge in [0.1, 0.15) is 5.75 Å². The Morgan fingerprint density at radius 2 is 2.05 bits per heavy atom. The summed E-state index contributed by atoms with van der Waals surface area (Å²) in [6, 6.07) is 8.46. The molecule has 0 saturated heterocycles. The van der Waals surface area contributed by atoms with Crippen molar-refractivity contribution >= 4 is 11.8 Å². The van der Waals surface area contributed by atoms with Crippen LogP contribution in [0.25, 0.3) is 0 Å². The summed E-state index contributed by atoms with van der Waals surface area (Å²) in [6.45, 7) is 1.58. The summed E-state index contributed by atoms with van der Waals surface area (Å²) in [7, 11) is 0. The maximum absolute atomic E-state index is 11.9. The van der Waals surface area contributed by atoms with Crippen molar-refractivity contribution in [1.29, 1.82) is 5.26 Å². The third kappa shape index (κ3) is 4.06. The van der Waals surface area contributed by atoms with Gasteiger partial charge >= 0.3 is 5.97 Å². The van der Waals surface area contributed by atoms with Crippen molar-refractivity contribution in [2.24, 2.45) is 0 Å². The minimum Gasteiger partial charge on any atom is -0.479 e. The lowest BCUT2D eigenvalue weighted by molar-refractivity contribution is -0.162. The van der Waals surface area contributed by atoms with E-state index < -0.39 is 18.2 Å². The number of nitriles is 1. The molecule has 5 nitrogen and oxygen atoms in total. The summed E-state index contributed by atoms with van der Waals surface area (Å²) < 4.78 is 10.7. The molecule has 0 heterocycles. The standard InChI is InChI=1S/C16H17NO4/c1-11(20-13-8-6-12(10-17)7-9-13)16(19)21-15-5-3-2-4-14(15)18/h6-9,11,15H,2-5H2,1H3/t11-,15+/m1/s1. The molecular formula is C16H17NO4. The lowest BCUT2D eigenvalue weighted by Gasteiger charge is -2.22. The molecule has 1 aromatic rings. The highest BCUT2D eigenvalue weighted by Crippen LogP contribution is 2.19. The maximum Gasteiger partial charge on any atom is 0.347 e. The highest BCUT2D eigenvalue weighted by atomic mass is 16.6. The van der Waals surface area contributed by atoms with Crippen LogP contribution in [0.2, 0.25) is 0 Å². The predicted molar refractivity (Wildman–Crippen MR) is 74.6 cm³/mol. The van der Waals surface area contributed by atoms with Crippen molar-refractivity contribution < 1.29 is 19.1 Å². The number of hydrogen-bond donors (Lipinski definition) is 0. The Labute approximate surface area is 123 Å². The number of carbonyl (C=O) groups excluding carboxylic acids is 2. The van der Waals surface area contributed by atoms with Crippen LogP contribution >= 0.6 is 0 Å². The predicted octanol–water partition coefficient (Wildman–Crippen LogP) is 2.38. The first-order valence-corrected chi connectivity index (χ1v) is 7.00. The van der Waals surface area contributed by atoms with Crippen LogP contribution in [0, 0.1) is 11.3 Å². The molecule has 0 aliphatic heterocycles. The molecule has 0 radical (unpaired) electrons. The van der Waals surface area contributed by atoms with Crippen LogP contribution in [0.3, 0.4) is 0 Å². The molecule has 0 N–H and O–H groups in total. The van der Waals surface area contributed by atoms with Crippen LogP contribution in [0.5, 0.6) is 5.75 Å². The molecule has 1 aromatic carbocycles. The Balaban J connectivity index is 1.89. The summed E-state index contributed by atoms with van der Waals surface area (Å²) in [6.07, 6.45) is 1.40. The van der Waals surface area contributed by atoms with Gasteiger partial charge in [0.2, 0.25) is 0 Å². The fourth-order valence-electron chi connectivity index (χ4n) is 2.17. The van der Waals surface area contributed by atoms with Crippen LogP contribution in [-0.4, -0.2) is 24.0 Å². The minimum absolute atomic E-state index is 0.0137. The van der Waals surface area contributed by atoms with Crippen molar-refractivity contribution in [2.45, 2.75) is 44.8 Å². The number of hydrogen-bond acceptors (Lipinski definition) is 5. The van der Waals surface area contributed by atoms with Gasteiger partial charge in [-0.1, -0.05) is 0 Å². The van der Waals surface area contributed by atoms with Crippen molar-refractivity contribution in [3.05, 3.63) is 29.8 Å². The Morgan fingerprint density at radius 3 is 2.67 bits per heavy atom. The van der Waals surface area contributed by atoms with Crippen LogP contribution in [0.1, 0.15) is 38.2 Å². The van der Waals surface area contributed by atoms with Gasteiger partial charge in [-0.3, -0.25) is 4.79 Å². The Hall–Kier alpha value is -2.35. The van der Waals surface area contributed by atoms with Crippen molar-refractivity contribution in [3.8, 4) is 11.8 Å². The number of rotatable bonds is 4. The first kappa shape index (κ1) is 15.0. The maximum atomic E-state index is 11.9. The quantitative estimate of drug-likeness (QED) is 0.795. The second-order valence-electron chi connectivity index (χ2n) is 5.03. The summed E-state index contributed by atoms with van der Waals surface area (Å²) in [5.41, 5.74) is 0.519. The molecule has 1 saturated carbocycles. The van der Waals surface area contributed by atoms with Crippen LogP contribution in [-0.2, 0) is 14.3 Å². The first-order chi connectivity index (χ1) is 10.1. The Kier molecular flexibility index (Phi) is 4.94. The van der Waals surface area contributed by atoms with Crippen LogP contribution in [0.4, 0.5) is 0 Å². The zero-order valence-electron chi connectivity index (χ0n) is 11.9. The Bertz CT molecular complexity index is 559. The third-order valence-electron chi connectivity index (χ3n) is 3.39. The second-order valence-corrected chi connectivity index (χ2v) is 5.03. The van der Waals surface area contributed by atoms with E-state index >= 15 is 0 Å². The minimum atomic E-state index is -0.798.